The van der Waals surface area contributed by atoms with Crippen molar-refractivity contribution in [2.75, 3.05) is 18.3 Å². The van der Waals surface area contributed by atoms with Gasteiger partial charge in [-0.05, 0) is 5.56 Å². The lowest BCUT2D eigenvalue weighted by atomic mass is 10.1. The Morgan fingerprint density at radius 3 is 2.56 bits per heavy atom. The molecule has 1 aliphatic rings. The largest absolute Gasteiger partial charge is 0.389 e. The smallest absolute Gasteiger partial charge is 0.350 e. The molecule has 1 saturated carbocycles. The van der Waals surface area contributed by atoms with Crippen LogP contribution in [0.15, 0.2) is 43.0 Å². The summed E-state index contributed by atoms with van der Waals surface area (Å²) in [6, 6.07) is 8.47. The van der Waals surface area contributed by atoms with Crippen molar-refractivity contribution in [2.24, 2.45) is 5.92 Å². The molecule has 0 radical (unpaired) electrons. The molecule has 1 fully saturated rings. The van der Waals surface area contributed by atoms with Crippen molar-refractivity contribution in [3.63, 3.8) is 0 Å². The molecule has 0 aliphatic heterocycles. The Balaban J connectivity index is 1.55. The van der Waals surface area contributed by atoms with Crippen molar-refractivity contribution in [3.05, 3.63) is 48.5 Å². The van der Waals surface area contributed by atoms with E-state index in [0.29, 0.717) is 17.9 Å². The molecule has 12 nitrogen and oxygen atoms in total. The Morgan fingerprint density at radius 2 is 1.84 bits per heavy atom. The van der Waals surface area contributed by atoms with E-state index in [4.69, 9.17) is 14.5 Å². The number of ether oxygens (including phenoxy) is 1. The van der Waals surface area contributed by atoms with Gasteiger partial charge in [-0.2, -0.15) is 0 Å². The summed E-state index contributed by atoms with van der Waals surface area (Å²) in [7, 11) is -4.42. The van der Waals surface area contributed by atoms with Crippen LogP contribution < -0.4 is 5.32 Å². The van der Waals surface area contributed by atoms with E-state index in [1.165, 1.54) is 17.2 Å². The van der Waals surface area contributed by atoms with Crippen molar-refractivity contribution >= 4 is 30.4 Å². The van der Waals surface area contributed by atoms with Gasteiger partial charge >= 0.3 is 7.60 Å². The standard InChI is InChI=1S/C19H22N5O7P/c25-15-12(7-31-10-32(28,29)30)16(26)17(27)14(15)24-9-23-13-18(21-8-22-19(13)24)20-6-11-4-2-1-3-5-11/h1-5,8-9,12,14,16-17,26-27H,6-7,10H2,(H,20,21,22)(H2,28,29,30)/t12-,14-,16-,17+/m0/s1. The van der Waals surface area contributed by atoms with E-state index >= 15 is 0 Å². The van der Waals surface area contributed by atoms with Gasteiger partial charge in [0.05, 0.1) is 25.0 Å². The van der Waals surface area contributed by atoms with Crippen LogP contribution in [-0.4, -0.2) is 70.5 Å². The second-order valence-electron chi connectivity index (χ2n) is 7.48. The van der Waals surface area contributed by atoms with Gasteiger partial charge in [0.2, 0.25) is 0 Å². The molecule has 0 unspecified atom stereocenters. The first kappa shape index (κ1) is 22.5. The summed E-state index contributed by atoms with van der Waals surface area (Å²) in [4.78, 5) is 43.4. The van der Waals surface area contributed by atoms with Crippen LogP contribution in [0, 0.1) is 5.92 Å². The maximum atomic E-state index is 12.9. The van der Waals surface area contributed by atoms with Crippen LogP contribution in [0.5, 0.6) is 0 Å². The molecule has 4 rings (SSSR count). The lowest BCUT2D eigenvalue weighted by Gasteiger charge is -2.17. The number of hydrogen-bond donors (Lipinski definition) is 5. The zero-order chi connectivity index (χ0) is 22.9. The number of aromatic nitrogens is 4. The summed E-state index contributed by atoms with van der Waals surface area (Å²) in [5.74, 6) is -1.26. The molecule has 3 aromatic rings. The van der Waals surface area contributed by atoms with Crippen LogP contribution in [0.1, 0.15) is 11.6 Å². The van der Waals surface area contributed by atoms with Crippen LogP contribution in [-0.2, 0) is 20.6 Å². The predicted octanol–water partition coefficient (Wildman–Crippen LogP) is 0.0520. The molecular formula is C19H22N5O7P. The second kappa shape index (κ2) is 9.02. The molecule has 0 amide bonds. The topological polar surface area (TPSA) is 180 Å². The van der Waals surface area contributed by atoms with Gasteiger partial charge in [0.15, 0.2) is 17.2 Å². The highest BCUT2D eigenvalue weighted by Crippen LogP contribution is 2.37. The van der Waals surface area contributed by atoms with E-state index in [2.05, 4.69) is 20.3 Å². The Bertz CT molecular complexity index is 1150. The fourth-order valence-corrected chi connectivity index (χ4v) is 4.07. The summed E-state index contributed by atoms with van der Waals surface area (Å²) in [6.07, 6.45) is -1.19. The molecule has 4 atom stereocenters. The summed E-state index contributed by atoms with van der Waals surface area (Å²) in [5, 5.41) is 24.0. The number of nitrogens with one attached hydrogen (secondary N) is 1. The van der Waals surface area contributed by atoms with Gasteiger partial charge in [0.25, 0.3) is 0 Å². The Morgan fingerprint density at radius 1 is 1.09 bits per heavy atom. The number of fused-ring (bicyclic) bond motifs is 1. The summed E-state index contributed by atoms with van der Waals surface area (Å²) < 4.78 is 17.2. The Kier molecular flexibility index (Phi) is 6.33. The summed E-state index contributed by atoms with van der Waals surface area (Å²) in [5.41, 5.74) is 1.71. The number of benzene rings is 1. The van der Waals surface area contributed by atoms with Gasteiger partial charge in [0.1, 0.15) is 30.3 Å². The lowest BCUT2D eigenvalue weighted by Crippen LogP contribution is -2.31. The van der Waals surface area contributed by atoms with E-state index in [1.54, 1.807) is 0 Å². The number of anilines is 1. The highest BCUT2D eigenvalue weighted by molar-refractivity contribution is 7.51. The molecule has 32 heavy (non-hydrogen) atoms. The van der Waals surface area contributed by atoms with Gasteiger partial charge in [-0.3, -0.25) is 9.36 Å². The Hall–Kier alpha value is -2.73. The number of ketones is 1. The summed E-state index contributed by atoms with van der Waals surface area (Å²) >= 11 is 0. The van der Waals surface area contributed by atoms with Crippen LogP contribution in [0.2, 0.25) is 0 Å². The highest BCUT2D eigenvalue weighted by atomic mass is 31.2. The molecule has 5 N–H and O–H groups in total. The highest BCUT2D eigenvalue weighted by Gasteiger charge is 2.50. The van der Waals surface area contributed by atoms with Gasteiger partial charge in [-0.25, -0.2) is 15.0 Å². The number of nitrogens with zero attached hydrogens (tertiary/aromatic N) is 4. The fraction of sp³-hybridized carbons (Fsp3) is 0.368. The monoisotopic (exact) mass is 463 g/mol. The molecule has 13 heteroatoms. The average molecular weight is 463 g/mol. The molecular weight excluding hydrogens is 441 g/mol. The number of hydrogen-bond acceptors (Lipinski definition) is 9. The number of carbonyl (C=O) groups excluding carboxylic acids is 1. The van der Waals surface area contributed by atoms with Crippen LogP contribution in [0.3, 0.4) is 0 Å². The summed E-state index contributed by atoms with van der Waals surface area (Å²) in [6.45, 7) is 0.0483. The third-order valence-electron chi connectivity index (χ3n) is 5.26. The van der Waals surface area contributed by atoms with Crippen LogP contribution in [0.4, 0.5) is 5.82 Å². The molecule has 2 aromatic heterocycles. The van der Waals surface area contributed by atoms with Crippen LogP contribution in [0.25, 0.3) is 11.2 Å². The van der Waals surface area contributed by atoms with Crippen LogP contribution >= 0.6 is 7.60 Å². The van der Waals surface area contributed by atoms with Crippen molar-refractivity contribution in [1.29, 1.82) is 0 Å². The molecule has 0 bridgehead atoms. The molecule has 1 aromatic carbocycles. The third kappa shape index (κ3) is 4.56. The molecule has 170 valence electrons. The zero-order valence-electron chi connectivity index (χ0n) is 16.7. The minimum Gasteiger partial charge on any atom is -0.389 e. The number of aliphatic hydroxyl groups excluding tert-OH is 2. The van der Waals surface area contributed by atoms with Gasteiger partial charge < -0.3 is 34.6 Å². The lowest BCUT2D eigenvalue weighted by molar-refractivity contribution is -0.126. The van der Waals surface area contributed by atoms with Crippen molar-refractivity contribution in [3.8, 4) is 0 Å². The minimum absolute atomic E-state index is 0.289. The quantitative estimate of drug-likeness (QED) is 0.285. The fourth-order valence-electron chi connectivity index (χ4n) is 3.73. The normalized spacial score (nSPS) is 23.7. The second-order valence-corrected chi connectivity index (χ2v) is 9.07. The molecule has 2 heterocycles. The average Bonchev–Trinajstić information content (AvgIpc) is 3.27. The van der Waals surface area contributed by atoms with E-state index in [1.807, 2.05) is 30.3 Å². The van der Waals surface area contributed by atoms with Gasteiger partial charge in [-0.15, -0.1) is 0 Å². The Labute approximate surface area is 182 Å². The van der Waals surface area contributed by atoms with Crippen molar-refractivity contribution in [2.45, 2.75) is 24.8 Å². The predicted molar refractivity (Wildman–Crippen MR) is 112 cm³/mol. The van der Waals surface area contributed by atoms with E-state index in [9.17, 15) is 19.6 Å². The number of carbonyl (C=O) groups is 1. The van der Waals surface area contributed by atoms with E-state index < -0.39 is 50.5 Å². The van der Waals surface area contributed by atoms with E-state index in [0.717, 1.165) is 5.56 Å². The van der Waals surface area contributed by atoms with E-state index in [-0.39, 0.29) is 5.65 Å². The van der Waals surface area contributed by atoms with Gasteiger partial charge in [0, 0.05) is 6.54 Å². The van der Waals surface area contributed by atoms with Gasteiger partial charge in [-0.1, -0.05) is 30.3 Å². The first-order valence-electron chi connectivity index (χ1n) is 9.74. The number of aliphatic hydroxyl groups is 2. The minimum atomic E-state index is -4.42. The molecule has 0 saturated heterocycles. The SMILES string of the molecule is O=C1[C@H](COCP(=O)(O)O)[C@H](O)[C@H](O)[C@H]1n1cnc2c(NCc3ccccc3)ncnc21. The number of imidazole rings is 1. The zero-order valence-corrected chi connectivity index (χ0v) is 17.6. The number of Topliss-reactive ketones (excluding diaryl/α,β-unsaturated/α-hetero) is 1. The first-order chi connectivity index (χ1) is 15.3. The maximum Gasteiger partial charge on any atom is 0.350 e. The van der Waals surface area contributed by atoms with Crippen molar-refractivity contribution in [1.82, 2.24) is 19.5 Å². The molecule has 1 aliphatic carbocycles. The van der Waals surface area contributed by atoms with Crippen molar-refractivity contribution < 1.29 is 34.1 Å². The molecule has 0 spiro atoms. The third-order valence-corrected chi connectivity index (χ3v) is 5.78. The first-order valence-corrected chi connectivity index (χ1v) is 11.5. The number of rotatable bonds is 8. The maximum absolute atomic E-state index is 12.9.